The van der Waals surface area contributed by atoms with E-state index < -0.39 is 0 Å². The largest absolute Gasteiger partial charge is 0.312 e. The Morgan fingerprint density at radius 2 is 1.41 bits per heavy atom. The number of nitrogens with zero attached hydrogens (tertiary/aromatic N) is 3. The van der Waals surface area contributed by atoms with Gasteiger partial charge in [-0.2, -0.15) is 10.2 Å². The predicted molar refractivity (Wildman–Crippen MR) is 67.4 cm³/mol. The van der Waals surface area contributed by atoms with Crippen molar-refractivity contribution in [2.45, 2.75) is 6.54 Å². The van der Waals surface area contributed by atoms with Crippen molar-refractivity contribution in [3.63, 3.8) is 0 Å². The molecule has 0 aliphatic heterocycles. The molecule has 2 rings (SSSR count). The van der Waals surface area contributed by atoms with E-state index in [1.165, 1.54) is 0 Å². The summed E-state index contributed by atoms with van der Waals surface area (Å²) >= 11 is 0. The molecule has 3 heteroatoms. The average Bonchev–Trinajstić information content (AvgIpc) is 2.40. The molecule has 0 saturated heterocycles. The van der Waals surface area contributed by atoms with Crippen LogP contribution in [-0.4, -0.2) is 0 Å². The number of azo groups is 1. The van der Waals surface area contributed by atoms with E-state index in [2.05, 4.69) is 15.1 Å². The zero-order valence-corrected chi connectivity index (χ0v) is 9.24. The van der Waals surface area contributed by atoms with Crippen LogP contribution in [0.15, 0.2) is 64.8 Å². The van der Waals surface area contributed by atoms with Gasteiger partial charge >= 0.3 is 0 Å². The van der Waals surface area contributed by atoms with Gasteiger partial charge in [0.25, 0.3) is 0 Å². The minimum absolute atomic E-state index is 0.413. The highest BCUT2D eigenvalue weighted by molar-refractivity contribution is 5.41. The molecule has 0 N–H and O–H groups in total. The summed E-state index contributed by atoms with van der Waals surface area (Å²) in [7, 11) is 0. The van der Waals surface area contributed by atoms with Crippen LogP contribution in [0.3, 0.4) is 0 Å². The molecule has 2 aromatic rings. The molecule has 0 bridgehead atoms. The molecular weight excluding hydrogens is 210 g/mol. The van der Waals surface area contributed by atoms with Gasteiger partial charge in [-0.15, -0.1) is 0 Å². The van der Waals surface area contributed by atoms with Crippen molar-refractivity contribution >= 4 is 11.4 Å². The fourth-order valence-electron chi connectivity index (χ4n) is 1.37. The van der Waals surface area contributed by atoms with Crippen LogP contribution < -0.4 is 0 Å². The van der Waals surface area contributed by atoms with E-state index in [0.29, 0.717) is 6.54 Å². The Morgan fingerprint density at radius 1 is 0.824 bits per heavy atom. The summed E-state index contributed by atoms with van der Waals surface area (Å²) in [5.74, 6) is 0. The number of hydrogen-bond acceptors (Lipinski definition) is 2. The SMILES string of the molecule is [C-]#[N+]Cc1ccc(N=Nc2ccccc2)cc1. The maximum absolute atomic E-state index is 6.77. The van der Waals surface area contributed by atoms with Gasteiger partial charge in [-0.3, -0.25) is 0 Å². The standard InChI is InChI=1S/C14H11N3/c1-15-11-12-7-9-14(10-8-12)17-16-13-5-3-2-4-6-13/h2-10H,11H2. The van der Waals surface area contributed by atoms with E-state index in [0.717, 1.165) is 16.9 Å². The fraction of sp³-hybridized carbons (Fsp3) is 0.0714. The van der Waals surface area contributed by atoms with Gasteiger partial charge in [0, 0.05) is 5.56 Å². The summed E-state index contributed by atoms with van der Waals surface area (Å²) in [5.41, 5.74) is 2.62. The smallest absolute Gasteiger partial charge is 0.239 e. The number of rotatable bonds is 3. The lowest BCUT2D eigenvalue weighted by atomic mass is 10.2. The summed E-state index contributed by atoms with van der Waals surface area (Å²) in [4.78, 5) is 3.33. The lowest BCUT2D eigenvalue weighted by Gasteiger charge is -1.94. The molecule has 17 heavy (non-hydrogen) atoms. The first-order valence-corrected chi connectivity index (χ1v) is 5.27. The molecule has 0 aliphatic carbocycles. The Morgan fingerprint density at radius 3 is 2.00 bits per heavy atom. The monoisotopic (exact) mass is 221 g/mol. The zero-order valence-electron chi connectivity index (χ0n) is 9.24. The van der Waals surface area contributed by atoms with Crippen LogP contribution in [0.25, 0.3) is 4.85 Å². The van der Waals surface area contributed by atoms with E-state index in [-0.39, 0.29) is 0 Å². The van der Waals surface area contributed by atoms with Crippen LogP contribution in [0.5, 0.6) is 0 Å². The van der Waals surface area contributed by atoms with Gasteiger partial charge in [0.1, 0.15) is 0 Å². The van der Waals surface area contributed by atoms with Crippen molar-refractivity contribution in [1.29, 1.82) is 0 Å². The van der Waals surface area contributed by atoms with Crippen LogP contribution in [0.1, 0.15) is 5.56 Å². The first-order valence-electron chi connectivity index (χ1n) is 5.27. The van der Waals surface area contributed by atoms with Gasteiger partial charge in [-0.25, -0.2) is 6.57 Å². The first kappa shape index (κ1) is 11.0. The Balaban J connectivity index is 2.09. The van der Waals surface area contributed by atoms with Crippen LogP contribution in [-0.2, 0) is 6.54 Å². The average molecular weight is 221 g/mol. The van der Waals surface area contributed by atoms with Gasteiger partial charge in [-0.1, -0.05) is 18.2 Å². The second-order valence-electron chi connectivity index (χ2n) is 3.52. The molecule has 0 aromatic heterocycles. The third-order valence-electron chi connectivity index (χ3n) is 2.24. The fourth-order valence-corrected chi connectivity index (χ4v) is 1.37. The quantitative estimate of drug-likeness (QED) is 0.538. The maximum Gasteiger partial charge on any atom is 0.239 e. The van der Waals surface area contributed by atoms with Crippen LogP contribution in [0.2, 0.25) is 0 Å². The summed E-state index contributed by atoms with van der Waals surface area (Å²) in [6.07, 6.45) is 0. The molecule has 0 aliphatic rings. The molecule has 0 fully saturated rings. The Kier molecular flexibility index (Phi) is 3.61. The first-order chi connectivity index (χ1) is 8.38. The van der Waals surface area contributed by atoms with Gasteiger partial charge in [0.2, 0.25) is 6.54 Å². The molecule has 0 atom stereocenters. The lowest BCUT2D eigenvalue weighted by molar-refractivity contribution is 1.21. The van der Waals surface area contributed by atoms with E-state index in [1.807, 2.05) is 54.6 Å². The Bertz CT molecular complexity index is 536. The van der Waals surface area contributed by atoms with Crippen molar-refractivity contribution < 1.29 is 0 Å². The molecule has 3 nitrogen and oxygen atoms in total. The summed E-state index contributed by atoms with van der Waals surface area (Å²) in [5, 5.41) is 8.24. The second-order valence-corrected chi connectivity index (χ2v) is 3.52. The van der Waals surface area contributed by atoms with E-state index >= 15 is 0 Å². The second kappa shape index (κ2) is 5.57. The van der Waals surface area contributed by atoms with E-state index in [4.69, 9.17) is 6.57 Å². The third kappa shape index (κ3) is 3.25. The predicted octanol–water partition coefficient (Wildman–Crippen LogP) is 4.52. The van der Waals surface area contributed by atoms with Crippen LogP contribution >= 0.6 is 0 Å². The van der Waals surface area contributed by atoms with Gasteiger partial charge in [0.05, 0.1) is 11.4 Å². The molecule has 0 radical (unpaired) electrons. The summed E-state index contributed by atoms with van der Waals surface area (Å²) in [6.45, 7) is 7.18. The normalized spacial score (nSPS) is 10.3. The number of hydrogen-bond donors (Lipinski definition) is 0. The van der Waals surface area contributed by atoms with Crippen molar-refractivity contribution in [1.82, 2.24) is 0 Å². The van der Waals surface area contributed by atoms with E-state index in [9.17, 15) is 0 Å². The highest BCUT2D eigenvalue weighted by Gasteiger charge is 1.95. The minimum Gasteiger partial charge on any atom is -0.312 e. The number of benzene rings is 2. The summed E-state index contributed by atoms with van der Waals surface area (Å²) in [6, 6.07) is 17.1. The third-order valence-corrected chi connectivity index (χ3v) is 2.24. The Hall–Kier alpha value is -2.47. The molecule has 0 amide bonds. The van der Waals surface area contributed by atoms with Gasteiger partial charge < -0.3 is 4.85 Å². The van der Waals surface area contributed by atoms with Crippen LogP contribution in [0.4, 0.5) is 11.4 Å². The molecule has 0 spiro atoms. The van der Waals surface area contributed by atoms with Crippen molar-refractivity contribution in [3.05, 3.63) is 71.6 Å². The lowest BCUT2D eigenvalue weighted by Crippen LogP contribution is -1.76. The highest BCUT2D eigenvalue weighted by atomic mass is 15.1. The van der Waals surface area contributed by atoms with Gasteiger partial charge in [0.15, 0.2) is 0 Å². The zero-order chi connectivity index (χ0) is 11.9. The van der Waals surface area contributed by atoms with Crippen molar-refractivity contribution in [3.8, 4) is 0 Å². The Labute approximate surface area is 100 Å². The molecular formula is C14H11N3. The topological polar surface area (TPSA) is 29.1 Å². The molecule has 0 unspecified atom stereocenters. The summed E-state index contributed by atoms with van der Waals surface area (Å²) < 4.78 is 0. The highest BCUT2D eigenvalue weighted by Crippen LogP contribution is 2.18. The minimum atomic E-state index is 0.413. The van der Waals surface area contributed by atoms with Crippen molar-refractivity contribution in [2.24, 2.45) is 10.2 Å². The van der Waals surface area contributed by atoms with Crippen LogP contribution in [0, 0.1) is 6.57 Å². The molecule has 2 aromatic carbocycles. The molecule has 0 saturated carbocycles. The van der Waals surface area contributed by atoms with E-state index in [1.54, 1.807) is 0 Å². The molecule has 82 valence electrons. The molecule has 0 heterocycles. The van der Waals surface area contributed by atoms with Crippen molar-refractivity contribution in [2.75, 3.05) is 0 Å². The van der Waals surface area contributed by atoms with Gasteiger partial charge in [-0.05, 0) is 36.4 Å². The maximum atomic E-state index is 6.77.